The normalized spacial score (nSPS) is 11.1. The smallest absolute Gasteiger partial charge is 0.0279 e. The van der Waals surface area contributed by atoms with Crippen LogP contribution in [0.5, 0.6) is 0 Å². The minimum atomic E-state index is 1.17. The van der Waals surface area contributed by atoms with Crippen LogP contribution in [0.2, 0.25) is 0 Å². The van der Waals surface area contributed by atoms with E-state index in [0.29, 0.717) is 0 Å². The molecule has 1 rings (SSSR count). The standard InChI is InChI=1S/C22H38/c1-5-7-8-9-10-11-12-13-14-15-16-21-17-19(3)20(4)22(6-2)18-21/h17-18H,5-16H2,1-4H3. The summed E-state index contributed by atoms with van der Waals surface area (Å²) in [5.74, 6) is 0. The summed E-state index contributed by atoms with van der Waals surface area (Å²) in [6.45, 7) is 9.08. The predicted molar refractivity (Wildman–Crippen MR) is 101 cm³/mol. The molecule has 0 heterocycles. The van der Waals surface area contributed by atoms with E-state index in [1.807, 2.05) is 0 Å². The number of aryl methyl sites for hydroxylation is 3. The first-order chi connectivity index (χ1) is 10.7. The van der Waals surface area contributed by atoms with Gasteiger partial charge in [-0.2, -0.15) is 0 Å². The number of unbranched alkanes of at least 4 members (excludes halogenated alkanes) is 9. The Bertz CT molecular complexity index is 403. The van der Waals surface area contributed by atoms with E-state index < -0.39 is 0 Å². The fourth-order valence-electron chi connectivity index (χ4n) is 3.34. The lowest BCUT2D eigenvalue weighted by Crippen LogP contribution is -1.95. The zero-order valence-corrected chi connectivity index (χ0v) is 15.6. The van der Waals surface area contributed by atoms with Gasteiger partial charge in [-0.1, -0.05) is 83.8 Å². The van der Waals surface area contributed by atoms with Crippen molar-refractivity contribution in [1.29, 1.82) is 0 Å². The van der Waals surface area contributed by atoms with E-state index in [4.69, 9.17) is 0 Å². The molecule has 1 aromatic rings. The van der Waals surface area contributed by atoms with Crippen molar-refractivity contribution in [3.05, 3.63) is 34.4 Å². The molecule has 0 heteroatoms. The Hall–Kier alpha value is -0.780. The lowest BCUT2D eigenvalue weighted by molar-refractivity contribution is 0.556. The van der Waals surface area contributed by atoms with Crippen LogP contribution in [0, 0.1) is 13.8 Å². The maximum atomic E-state index is 2.44. The Morgan fingerprint density at radius 3 is 1.77 bits per heavy atom. The van der Waals surface area contributed by atoms with Gasteiger partial charge in [0.1, 0.15) is 0 Å². The predicted octanol–water partition coefficient (Wildman–Crippen LogP) is 7.33. The van der Waals surface area contributed by atoms with Gasteiger partial charge in [0.05, 0.1) is 0 Å². The molecule has 0 spiro atoms. The molecule has 0 fully saturated rings. The molecule has 0 aromatic heterocycles. The van der Waals surface area contributed by atoms with Gasteiger partial charge in [0.2, 0.25) is 0 Å². The van der Waals surface area contributed by atoms with E-state index in [-0.39, 0.29) is 0 Å². The number of hydrogen-bond donors (Lipinski definition) is 0. The quantitative estimate of drug-likeness (QED) is 0.354. The van der Waals surface area contributed by atoms with Gasteiger partial charge in [0.25, 0.3) is 0 Å². The third kappa shape index (κ3) is 7.47. The van der Waals surface area contributed by atoms with Crippen molar-refractivity contribution in [3.8, 4) is 0 Å². The van der Waals surface area contributed by atoms with Crippen LogP contribution < -0.4 is 0 Å². The molecule has 0 saturated heterocycles. The molecule has 0 radical (unpaired) electrons. The highest BCUT2D eigenvalue weighted by Crippen LogP contribution is 2.19. The molecule has 0 saturated carbocycles. The molecule has 0 aliphatic rings. The summed E-state index contributed by atoms with van der Waals surface area (Å²) in [6.07, 6.45) is 16.7. The average molecular weight is 303 g/mol. The SMILES string of the molecule is CCCCCCCCCCCCc1cc(C)c(C)c(CC)c1. The molecular formula is C22H38. The highest BCUT2D eigenvalue weighted by atomic mass is 14.1. The molecule has 0 nitrogen and oxygen atoms in total. The molecule has 1 aromatic carbocycles. The second-order valence-electron chi connectivity index (χ2n) is 6.98. The van der Waals surface area contributed by atoms with Gasteiger partial charge in [0.15, 0.2) is 0 Å². The summed E-state index contributed by atoms with van der Waals surface area (Å²) in [5, 5.41) is 0. The van der Waals surface area contributed by atoms with E-state index in [0.717, 1.165) is 0 Å². The highest BCUT2D eigenvalue weighted by Gasteiger charge is 2.03. The minimum absolute atomic E-state index is 1.17. The lowest BCUT2D eigenvalue weighted by Gasteiger charge is -2.11. The fraction of sp³-hybridized carbons (Fsp3) is 0.727. The van der Waals surface area contributed by atoms with Gasteiger partial charge in [-0.15, -0.1) is 0 Å². The largest absolute Gasteiger partial charge is 0.0654 e. The summed E-state index contributed by atoms with van der Waals surface area (Å²) in [7, 11) is 0. The highest BCUT2D eigenvalue weighted by molar-refractivity contribution is 5.37. The number of rotatable bonds is 12. The topological polar surface area (TPSA) is 0 Å². The lowest BCUT2D eigenvalue weighted by atomic mass is 9.95. The van der Waals surface area contributed by atoms with E-state index >= 15 is 0 Å². The summed E-state index contributed by atoms with van der Waals surface area (Å²) in [4.78, 5) is 0. The van der Waals surface area contributed by atoms with E-state index in [1.165, 1.54) is 88.2 Å². The van der Waals surface area contributed by atoms with Gasteiger partial charge >= 0.3 is 0 Å². The van der Waals surface area contributed by atoms with Gasteiger partial charge in [-0.05, 0) is 55.4 Å². The molecule has 0 atom stereocenters. The molecular weight excluding hydrogens is 264 g/mol. The van der Waals surface area contributed by atoms with Crippen LogP contribution >= 0.6 is 0 Å². The van der Waals surface area contributed by atoms with Crippen molar-refractivity contribution < 1.29 is 0 Å². The maximum Gasteiger partial charge on any atom is -0.0279 e. The maximum absolute atomic E-state index is 2.44. The fourth-order valence-corrected chi connectivity index (χ4v) is 3.34. The Morgan fingerprint density at radius 1 is 0.682 bits per heavy atom. The van der Waals surface area contributed by atoms with Crippen LogP contribution in [-0.2, 0) is 12.8 Å². The second kappa shape index (κ2) is 11.7. The van der Waals surface area contributed by atoms with Crippen molar-refractivity contribution in [3.63, 3.8) is 0 Å². The Balaban J connectivity index is 2.11. The van der Waals surface area contributed by atoms with Crippen molar-refractivity contribution in [2.75, 3.05) is 0 Å². The summed E-state index contributed by atoms with van der Waals surface area (Å²) in [6, 6.07) is 4.85. The van der Waals surface area contributed by atoms with Crippen LogP contribution in [0.25, 0.3) is 0 Å². The zero-order chi connectivity index (χ0) is 16.2. The molecule has 22 heavy (non-hydrogen) atoms. The third-order valence-electron chi connectivity index (χ3n) is 5.03. The second-order valence-corrected chi connectivity index (χ2v) is 6.98. The summed E-state index contributed by atoms with van der Waals surface area (Å²) < 4.78 is 0. The van der Waals surface area contributed by atoms with E-state index in [1.54, 1.807) is 11.1 Å². The van der Waals surface area contributed by atoms with Gasteiger partial charge in [-0.25, -0.2) is 0 Å². The first-order valence-corrected chi connectivity index (χ1v) is 9.78. The molecule has 126 valence electrons. The first-order valence-electron chi connectivity index (χ1n) is 9.78. The molecule has 0 aliphatic heterocycles. The van der Waals surface area contributed by atoms with Gasteiger partial charge < -0.3 is 0 Å². The number of benzene rings is 1. The molecule has 0 bridgehead atoms. The summed E-state index contributed by atoms with van der Waals surface area (Å²) in [5.41, 5.74) is 6.07. The van der Waals surface area contributed by atoms with E-state index in [9.17, 15) is 0 Å². The van der Waals surface area contributed by atoms with Crippen LogP contribution in [0.3, 0.4) is 0 Å². The summed E-state index contributed by atoms with van der Waals surface area (Å²) >= 11 is 0. The van der Waals surface area contributed by atoms with Crippen LogP contribution in [0.15, 0.2) is 12.1 Å². The Morgan fingerprint density at radius 2 is 1.23 bits per heavy atom. The molecule has 0 aliphatic carbocycles. The van der Waals surface area contributed by atoms with Crippen molar-refractivity contribution in [2.24, 2.45) is 0 Å². The van der Waals surface area contributed by atoms with Crippen LogP contribution in [-0.4, -0.2) is 0 Å². The van der Waals surface area contributed by atoms with Crippen molar-refractivity contribution >= 4 is 0 Å². The Kier molecular flexibility index (Phi) is 10.3. The zero-order valence-electron chi connectivity index (χ0n) is 15.6. The van der Waals surface area contributed by atoms with Gasteiger partial charge in [-0.3, -0.25) is 0 Å². The third-order valence-corrected chi connectivity index (χ3v) is 5.03. The number of hydrogen-bond acceptors (Lipinski definition) is 0. The molecule has 0 unspecified atom stereocenters. The molecule has 0 N–H and O–H groups in total. The average Bonchev–Trinajstić information content (AvgIpc) is 2.52. The van der Waals surface area contributed by atoms with Crippen molar-refractivity contribution in [1.82, 2.24) is 0 Å². The van der Waals surface area contributed by atoms with E-state index in [2.05, 4.69) is 39.8 Å². The van der Waals surface area contributed by atoms with Crippen molar-refractivity contribution in [2.45, 2.75) is 105 Å². The van der Waals surface area contributed by atoms with Crippen LogP contribution in [0.1, 0.15) is 100 Å². The van der Waals surface area contributed by atoms with Crippen LogP contribution in [0.4, 0.5) is 0 Å². The Labute approximate surface area is 139 Å². The molecule has 0 amide bonds. The first kappa shape index (κ1) is 19.3. The monoisotopic (exact) mass is 302 g/mol. The minimum Gasteiger partial charge on any atom is -0.0654 e. The van der Waals surface area contributed by atoms with Gasteiger partial charge in [0, 0.05) is 0 Å².